The Hall–Kier alpha value is -2.81. The van der Waals surface area contributed by atoms with Gasteiger partial charge in [0.1, 0.15) is 0 Å². The second-order valence-electron chi connectivity index (χ2n) is 4.82. The van der Waals surface area contributed by atoms with E-state index in [1.165, 1.54) is 0 Å². The molecular weight excluding hydrogens is 248 g/mol. The Kier molecular flexibility index (Phi) is 2.27. The molecule has 3 nitrogen and oxygen atoms in total. The van der Waals surface area contributed by atoms with Crippen LogP contribution in [-0.4, -0.2) is 9.38 Å². The van der Waals surface area contributed by atoms with Gasteiger partial charge in [-0.2, -0.15) is 0 Å². The summed E-state index contributed by atoms with van der Waals surface area (Å²) in [6.45, 7) is 0. The lowest BCUT2D eigenvalue weighted by molar-refractivity contribution is 1.11. The Morgan fingerprint density at radius 3 is 2.50 bits per heavy atom. The number of nitrogens with zero attached hydrogens (tertiary/aromatic N) is 1. The summed E-state index contributed by atoms with van der Waals surface area (Å²) in [6.07, 6.45) is 2.00. The molecule has 0 aliphatic rings. The quantitative estimate of drug-likeness (QED) is 0.560. The van der Waals surface area contributed by atoms with Gasteiger partial charge in [0, 0.05) is 5.39 Å². The van der Waals surface area contributed by atoms with Crippen molar-refractivity contribution in [1.29, 1.82) is 0 Å². The fourth-order valence-corrected chi connectivity index (χ4v) is 2.63. The summed E-state index contributed by atoms with van der Waals surface area (Å²) >= 11 is 0. The van der Waals surface area contributed by atoms with E-state index in [4.69, 9.17) is 0 Å². The van der Waals surface area contributed by atoms with Crippen LogP contribution in [0, 0.1) is 0 Å². The number of fused-ring (bicyclic) bond motifs is 3. The summed E-state index contributed by atoms with van der Waals surface area (Å²) < 4.78 is 1.73. The first kappa shape index (κ1) is 11.1. The Balaban J connectivity index is 2.11. The molecule has 0 bridgehead atoms. The van der Waals surface area contributed by atoms with Gasteiger partial charge in [0.05, 0.1) is 16.4 Å². The smallest absolute Gasteiger partial charge is 0.305 e. The normalized spacial score (nSPS) is 12.5. The van der Waals surface area contributed by atoms with Gasteiger partial charge < -0.3 is 4.98 Å². The van der Waals surface area contributed by atoms with Gasteiger partial charge in [-0.05, 0) is 23.8 Å². The maximum atomic E-state index is 12.2. The van der Waals surface area contributed by atoms with E-state index in [2.05, 4.69) is 4.98 Å². The van der Waals surface area contributed by atoms with Gasteiger partial charge in [-0.1, -0.05) is 48.5 Å². The van der Waals surface area contributed by atoms with Crippen LogP contribution in [0.1, 0.15) is 5.56 Å². The van der Waals surface area contributed by atoms with Gasteiger partial charge in [0.2, 0.25) is 0 Å². The highest BCUT2D eigenvalue weighted by molar-refractivity contribution is 5.87. The number of aromatic nitrogens is 2. The van der Waals surface area contributed by atoms with E-state index in [0.29, 0.717) is 0 Å². The van der Waals surface area contributed by atoms with Crippen LogP contribution in [0.25, 0.3) is 22.5 Å². The first-order chi connectivity index (χ1) is 9.83. The molecule has 2 aromatic heterocycles. The third-order valence-corrected chi connectivity index (χ3v) is 3.54. The van der Waals surface area contributed by atoms with Crippen molar-refractivity contribution in [2.75, 3.05) is 0 Å². The maximum Gasteiger partial charge on any atom is 0.331 e. The van der Waals surface area contributed by atoms with Gasteiger partial charge in [-0.3, -0.25) is 4.40 Å². The second-order valence-corrected chi connectivity index (χ2v) is 4.82. The van der Waals surface area contributed by atoms with Crippen LogP contribution in [0.15, 0.2) is 65.5 Å². The average Bonchev–Trinajstić information content (AvgIpc) is 2.99. The number of nitrogens with one attached hydrogen (secondary N) is 1. The Morgan fingerprint density at radius 2 is 1.65 bits per heavy atom. The van der Waals surface area contributed by atoms with Crippen LogP contribution < -0.4 is 11.0 Å². The van der Waals surface area contributed by atoms with E-state index in [0.717, 1.165) is 27.3 Å². The molecule has 96 valence electrons. The van der Waals surface area contributed by atoms with Crippen molar-refractivity contribution in [3.63, 3.8) is 0 Å². The van der Waals surface area contributed by atoms with Crippen molar-refractivity contribution in [1.82, 2.24) is 9.38 Å². The lowest BCUT2D eigenvalue weighted by Crippen LogP contribution is -2.11. The SMILES string of the molecule is O=c1[nH]/c(=C/c2ccccc2)c2cc3ccccc3n12. The molecule has 0 saturated heterocycles. The summed E-state index contributed by atoms with van der Waals surface area (Å²) in [4.78, 5) is 15.1. The molecule has 0 amide bonds. The number of hydrogen-bond acceptors (Lipinski definition) is 1. The topological polar surface area (TPSA) is 37.3 Å². The molecular formula is C17H12N2O. The van der Waals surface area contributed by atoms with Crippen LogP contribution >= 0.6 is 0 Å². The van der Waals surface area contributed by atoms with Crippen molar-refractivity contribution in [3.8, 4) is 0 Å². The van der Waals surface area contributed by atoms with Gasteiger partial charge in [-0.15, -0.1) is 0 Å². The molecule has 0 unspecified atom stereocenters. The third kappa shape index (κ3) is 1.57. The molecule has 2 aromatic carbocycles. The molecule has 0 fully saturated rings. The molecule has 1 N–H and O–H groups in total. The van der Waals surface area contributed by atoms with Crippen molar-refractivity contribution in [2.45, 2.75) is 0 Å². The average molecular weight is 260 g/mol. The van der Waals surface area contributed by atoms with Crippen molar-refractivity contribution in [3.05, 3.63) is 82.1 Å². The number of imidazole rings is 1. The first-order valence-electron chi connectivity index (χ1n) is 6.52. The number of benzene rings is 2. The lowest BCUT2D eigenvalue weighted by Gasteiger charge is -1.89. The monoisotopic (exact) mass is 260 g/mol. The maximum absolute atomic E-state index is 12.2. The van der Waals surface area contributed by atoms with Crippen LogP contribution in [0.2, 0.25) is 0 Å². The third-order valence-electron chi connectivity index (χ3n) is 3.54. The van der Waals surface area contributed by atoms with E-state index < -0.39 is 0 Å². The standard InChI is InChI=1S/C17H12N2O/c20-17-18-14(10-12-6-2-1-3-7-12)16-11-13-8-4-5-9-15(13)19(16)17/h1-11H,(H,18,20)/b14-10+. The predicted octanol–water partition coefficient (Wildman–Crippen LogP) is 2.33. The molecule has 0 aliphatic heterocycles. The number of H-pyrrole nitrogens is 1. The van der Waals surface area contributed by atoms with Gasteiger partial charge in [-0.25, -0.2) is 4.79 Å². The number of rotatable bonds is 1. The predicted molar refractivity (Wildman–Crippen MR) is 80.8 cm³/mol. The number of aromatic amines is 1. The summed E-state index contributed by atoms with van der Waals surface area (Å²) in [7, 11) is 0. The highest BCUT2D eigenvalue weighted by Crippen LogP contribution is 2.15. The molecule has 0 radical (unpaired) electrons. The van der Waals surface area contributed by atoms with E-state index >= 15 is 0 Å². The van der Waals surface area contributed by atoms with Crippen LogP contribution in [0.3, 0.4) is 0 Å². The molecule has 0 aliphatic carbocycles. The zero-order chi connectivity index (χ0) is 13.5. The first-order valence-corrected chi connectivity index (χ1v) is 6.52. The molecule has 4 aromatic rings. The van der Waals surface area contributed by atoms with Gasteiger partial charge in [0.15, 0.2) is 0 Å². The van der Waals surface area contributed by atoms with E-state index in [1.807, 2.05) is 66.7 Å². The van der Waals surface area contributed by atoms with Crippen LogP contribution in [-0.2, 0) is 0 Å². The molecule has 0 spiro atoms. The van der Waals surface area contributed by atoms with E-state index in [9.17, 15) is 4.79 Å². The van der Waals surface area contributed by atoms with Crippen molar-refractivity contribution < 1.29 is 0 Å². The summed E-state index contributed by atoms with van der Waals surface area (Å²) in [5.74, 6) is 0. The van der Waals surface area contributed by atoms with Crippen LogP contribution in [0.5, 0.6) is 0 Å². The zero-order valence-corrected chi connectivity index (χ0v) is 10.7. The fourth-order valence-electron chi connectivity index (χ4n) is 2.63. The zero-order valence-electron chi connectivity index (χ0n) is 10.7. The molecule has 0 atom stereocenters. The summed E-state index contributed by atoms with van der Waals surface area (Å²) in [6, 6.07) is 19.9. The van der Waals surface area contributed by atoms with Crippen LogP contribution in [0.4, 0.5) is 0 Å². The summed E-state index contributed by atoms with van der Waals surface area (Å²) in [5, 5.41) is 1.92. The molecule has 3 heteroatoms. The molecule has 4 rings (SSSR count). The minimum absolute atomic E-state index is 0.0941. The Morgan fingerprint density at radius 1 is 0.900 bits per heavy atom. The highest BCUT2D eigenvalue weighted by Gasteiger charge is 2.07. The van der Waals surface area contributed by atoms with E-state index in [-0.39, 0.29) is 5.69 Å². The lowest BCUT2D eigenvalue weighted by atomic mass is 10.2. The molecule has 2 heterocycles. The largest absolute Gasteiger partial charge is 0.331 e. The van der Waals surface area contributed by atoms with E-state index in [1.54, 1.807) is 4.40 Å². The number of para-hydroxylation sites is 1. The van der Waals surface area contributed by atoms with Gasteiger partial charge >= 0.3 is 5.69 Å². The van der Waals surface area contributed by atoms with Crippen molar-refractivity contribution in [2.24, 2.45) is 0 Å². The second kappa shape index (κ2) is 4.10. The fraction of sp³-hybridized carbons (Fsp3) is 0. The highest BCUT2D eigenvalue weighted by atomic mass is 16.1. The Bertz CT molecular complexity index is 1010. The molecule has 20 heavy (non-hydrogen) atoms. The minimum atomic E-state index is -0.0941. The number of hydrogen-bond donors (Lipinski definition) is 1. The summed E-state index contributed by atoms with van der Waals surface area (Å²) in [5.41, 5.74) is 2.83. The Labute approximate surface area is 114 Å². The minimum Gasteiger partial charge on any atom is -0.305 e. The van der Waals surface area contributed by atoms with Gasteiger partial charge in [0.25, 0.3) is 0 Å². The van der Waals surface area contributed by atoms with Crippen molar-refractivity contribution >= 4 is 22.5 Å². The molecule has 0 saturated carbocycles.